The molecule has 140 valence electrons. The Hall–Kier alpha value is -1.66. The molecule has 1 heterocycles. The Bertz CT molecular complexity index is 670. The van der Waals surface area contributed by atoms with E-state index in [1.165, 1.54) is 11.8 Å². The van der Waals surface area contributed by atoms with Gasteiger partial charge < -0.3 is 4.90 Å². The van der Waals surface area contributed by atoms with Crippen molar-refractivity contribution in [2.24, 2.45) is 0 Å². The van der Waals surface area contributed by atoms with Gasteiger partial charge in [0.05, 0.1) is 4.91 Å². The summed E-state index contributed by atoms with van der Waals surface area (Å²) >= 11 is 6.68. The minimum atomic E-state index is -0.00333. The molecule has 1 aliphatic rings. The van der Waals surface area contributed by atoms with E-state index in [0.29, 0.717) is 18.0 Å². The van der Waals surface area contributed by atoms with Gasteiger partial charge in [0.1, 0.15) is 4.99 Å². The SMILES string of the molecule is CCN(CC)C(=O)CCCCCN1C(=O)S/C(=C\c2ccccc2)C1=S. The van der Waals surface area contributed by atoms with Crippen LogP contribution in [0.1, 0.15) is 45.1 Å². The van der Waals surface area contributed by atoms with Gasteiger partial charge in [-0.1, -0.05) is 49.0 Å². The molecule has 1 aliphatic heterocycles. The fourth-order valence-corrected chi connectivity index (χ4v) is 4.14. The third kappa shape index (κ3) is 5.68. The summed E-state index contributed by atoms with van der Waals surface area (Å²) in [5.41, 5.74) is 1.04. The van der Waals surface area contributed by atoms with Crippen molar-refractivity contribution in [3.63, 3.8) is 0 Å². The molecule has 0 unspecified atom stereocenters. The van der Waals surface area contributed by atoms with Crippen molar-refractivity contribution in [2.75, 3.05) is 19.6 Å². The van der Waals surface area contributed by atoms with Gasteiger partial charge >= 0.3 is 0 Å². The van der Waals surface area contributed by atoms with Gasteiger partial charge in [0, 0.05) is 26.1 Å². The maximum atomic E-state index is 12.2. The number of nitrogens with zero attached hydrogens (tertiary/aromatic N) is 2. The van der Waals surface area contributed by atoms with Gasteiger partial charge in [-0.2, -0.15) is 0 Å². The van der Waals surface area contributed by atoms with E-state index in [1.807, 2.05) is 55.2 Å². The molecular formula is C20H26N2O2S2. The summed E-state index contributed by atoms with van der Waals surface area (Å²) in [5, 5.41) is -0.00333. The predicted molar refractivity (Wildman–Crippen MR) is 113 cm³/mol. The first kappa shape index (κ1) is 20.6. The molecule has 0 N–H and O–H groups in total. The Morgan fingerprint density at radius 3 is 2.50 bits per heavy atom. The van der Waals surface area contributed by atoms with Crippen molar-refractivity contribution >= 4 is 46.2 Å². The molecule has 1 saturated heterocycles. The molecule has 2 rings (SSSR count). The second kappa shape index (κ2) is 10.5. The van der Waals surface area contributed by atoms with Crippen molar-refractivity contribution in [1.82, 2.24) is 9.80 Å². The summed E-state index contributed by atoms with van der Waals surface area (Å²) in [7, 11) is 0. The first-order valence-electron chi connectivity index (χ1n) is 9.15. The molecule has 0 aliphatic carbocycles. The second-order valence-electron chi connectivity index (χ2n) is 6.12. The van der Waals surface area contributed by atoms with Crippen LogP contribution in [0, 0.1) is 0 Å². The fourth-order valence-electron chi connectivity index (χ4n) is 2.85. The van der Waals surface area contributed by atoms with Crippen LogP contribution in [0.15, 0.2) is 35.2 Å². The number of carbonyl (C=O) groups is 2. The summed E-state index contributed by atoms with van der Waals surface area (Å²) in [6, 6.07) is 9.89. The van der Waals surface area contributed by atoms with E-state index in [4.69, 9.17) is 12.2 Å². The number of thiocarbonyl (C=S) groups is 1. The molecular weight excluding hydrogens is 364 g/mol. The standard InChI is InChI=1S/C20H26N2O2S2/c1-3-21(4-2)18(23)13-9-6-10-14-22-19(25)17(26-20(22)24)15-16-11-7-5-8-12-16/h5,7-8,11-12,15H,3-4,6,9-10,13-14H2,1-2H3/b17-15-. The topological polar surface area (TPSA) is 40.6 Å². The molecule has 0 aromatic heterocycles. The first-order chi connectivity index (χ1) is 12.6. The lowest BCUT2D eigenvalue weighted by atomic mass is 10.1. The monoisotopic (exact) mass is 390 g/mol. The lowest BCUT2D eigenvalue weighted by Crippen LogP contribution is -2.30. The van der Waals surface area contributed by atoms with Gasteiger partial charge in [-0.3, -0.25) is 14.5 Å². The summed E-state index contributed by atoms with van der Waals surface area (Å²) in [5.74, 6) is 0.214. The molecule has 0 atom stereocenters. The van der Waals surface area contributed by atoms with Crippen LogP contribution in [0.25, 0.3) is 6.08 Å². The lowest BCUT2D eigenvalue weighted by molar-refractivity contribution is -0.130. The second-order valence-corrected chi connectivity index (χ2v) is 7.50. The molecule has 26 heavy (non-hydrogen) atoms. The zero-order valence-electron chi connectivity index (χ0n) is 15.4. The third-order valence-corrected chi connectivity index (χ3v) is 5.86. The van der Waals surface area contributed by atoms with E-state index in [1.54, 1.807) is 4.90 Å². The Morgan fingerprint density at radius 1 is 1.15 bits per heavy atom. The highest BCUT2D eigenvalue weighted by Crippen LogP contribution is 2.33. The number of hydrogen-bond donors (Lipinski definition) is 0. The quantitative estimate of drug-likeness (QED) is 0.340. The third-order valence-electron chi connectivity index (χ3n) is 4.36. The molecule has 0 spiro atoms. The number of rotatable bonds is 9. The average molecular weight is 391 g/mol. The largest absolute Gasteiger partial charge is 0.343 e. The minimum absolute atomic E-state index is 0.00333. The van der Waals surface area contributed by atoms with Crippen LogP contribution in [-0.2, 0) is 4.79 Å². The van der Waals surface area contributed by atoms with Gasteiger partial charge in [-0.25, -0.2) is 0 Å². The maximum absolute atomic E-state index is 12.2. The van der Waals surface area contributed by atoms with Gasteiger partial charge in [0.15, 0.2) is 0 Å². The molecule has 2 amide bonds. The highest BCUT2D eigenvalue weighted by Gasteiger charge is 2.31. The Labute approximate surface area is 165 Å². The molecule has 4 nitrogen and oxygen atoms in total. The summed E-state index contributed by atoms with van der Waals surface area (Å²) in [6.07, 6.45) is 5.17. The maximum Gasteiger partial charge on any atom is 0.291 e. The smallest absolute Gasteiger partial charge is 0.291 e. The average Bonchev–Trinajstić information content (AvgIpc) is 2.90. The fraction of sp³-hybridized carbons (Fsp3) is 0.450. The number of benzene rings is 1. The van der Waals surface area contributed by atoms with Crippen LogP contribution in [-0.4, -0.2) is 45.6 Å². The van der Waals surface area contributed by atoms with Gasteiger partial charge in [-0.15, -0.1) is 0 Å². The summed E-state index contributed by atoms with van der Waals surface area (Å²) in [6.45, 7) is 6.15. The van der Waals surface area contributed by atoms with E-state index in [9.17, 15) is 9.59 Å². The zero-order valence-corrected chi connectivity index (χ0v) is 17.1. The van der Waals surface area contributed by atoms with E-state index >= 15 is 0 Å². The number of hydrogen-bond acceptors (Lipinski definition) is 4. The summed E-state index contributed by atoms with van der Waals surface area (Å²) < 4.78 is 0. The highest BCUT2D eigenvalue weighted by molar-refractivity contribution is 8.19. The lowest BCUT2D eigenvalue weighted by Gasteiger charge is -2.18. The van der Waals surface area contributed by atoms with Crippen molar-refractivity contribution < 1.29 is 9.59 Å². The van der Waals surface area contributed by atoms with Gasteiger partial charge in [-0.05, 0) is 50.1 Å². The molecule has 1 aromatic rings. The molecule has 6 heteroatoms. The molecule has 0 bridgehead atoms. The van der Waals surface area contributed by atoms with Crippen molar-refractivity contribution in [3.8, 4) is 0 Å². The van der Waals surface area contributed by atoms with E-state index in [0.717, 1.165) is 42.8 Å². The van der Waals surface area contributed by atoms with Crippen LogP contribution < -0.4 is 0 Å². The highest BCUT2D eigenvalue weighted by atomic mass is 32.2. The van der Waals surface area contributed by atoms with Crippen LogP contribution in [0.5, 0.6) is 0 Å². The van der Waals surface area contributed by atoms with Crippen LogP contribution in [0.2, 0.25) is 0 Å². The van der Waals surface area contributed by atoms with Crippen molar-refractivity contribution in [2.45, 2.75) is 39.5 Å². The van der Waals surface area contributed by atoms with Crippen LogP contribution in [0.3, 0.4) is 0 Å². The number of carbonyl (C=O) groups excluding carboxylic acids is 2. The van der Waals surface area contributed by atoms with Crippen molar-refractivity contribution in [3.05, 3.63) is 40.8 Å². The number of amides is 2. The van der Waals surface area contributed by atoms with E-state index < -0.39 is 0 Å². The molecule has 1 fully saturated rings. The Morgan fingerprint density at radius 2 is 1.85 bits per heavy atom. The summed E-state index contributed by atoms with van der Waals surface area (Å²) in [4.78, 5) is 29.2. The van der Waals surface area contributed by atoms with Gasteiger partial charge in [0.2, 0.25) is 5.91 Å². The predicted octanol–water partition coefficient (Wildman–Crippen LogP) is 4.95. The number of unbranched alkanes of at least 4 members (excludes halogenated alkanes) is 2. The number of thioether (sulfide) groups is 1. The van der Waals surface area contributed by atoms with Crippen LogP contribution >= 0.6 is 24.0 Å². The Balaban J connectivity index is 1.78. The van der Waals surface area contributed by atoms with Crippen LogP contribution in [0.4, 0.5) is 4.79 Å². The normalized spacial score (nSPS) is 15.8. The molecule has 1 aromatic carbocycles. The molecule has 0 radical (unpaired) electrons. The minimum Gasteiger partial charge on any atom is -0.343 e. The molecule has 0 saturated carbocycles. The van der Waals surface area contributed by atoms with Gasteiger partial charge in [0.25, 0.3) is 5.24 Å². The van der Waals surface area contributed by atoms with E-state index in [-0.39, 0.29) is 11.1 Å². The first-order valence-corrected chi connectivity index (χ1v) is 10.4. The zero-order chi connectivity index (χ0) is 18.9. The Kier molecular flexibility index (Phi) is 8.32. The van der Waals surface area contributed by atoms with Crippen molar-refractivity contribution in [1.29, 1.82) is 0 Å². The van der Waals surface area contributed by atoms with E-state index in [2.05, 4.69) is 0 Å².